The summed E-state index contributed by atoms with van der Waals surface area (Å²) in [4.78, 5) is 11.8. The second-order valence-electron chi connectivity index (χ2n) is 5.08. The van der Waals surface area contributed by atoms with E-state index in [2.05, 4.69) is 26.6 Å². The van der Waals surface area contributed by atoms with Gasteiger partial charge in [0, 0.05) is 29.7 Å². The van der Waals surface area contributed by atoms with E-state index in [4.69, 9.17) is 9.47 Å². The molecule has 0 bridgehead atoms. The Hall–Kier alpha value is -2.05. The molecule has 5 nitrogen and oxygen atoms in total. The van der Waals surface area contributed by atoms with Gasteiger partial charge < -0.3 is 20.1 Å². The smallest absolute Gasteiger partial charge is 0.225 e. The van der Waals surface area contributed by atoms with Gasteiger partial charge in [-0.3, -0.25) is 4.79 Å². The van der Waals surface area contributed by atoms with Crippen molar-refractivity contribution in [1.82, 2.24) is 5.32 Å². The quantitative estimate of drug-likeness (QED) is 0.641. The fourth-order valence-corrected chi connectivity index (χ4v) is 2.43. The topological polar surface area (TPSA) is 59.6 Å². The maximum atomic E-state index is 11.8. The van der Waals surface area contributed by atoms with Crippen molar-refractivity contribution < 1.29 is 14.3 Å². The number of anilines is 1. The van der Waals surface area contributed by atoms with E-state index in [9.17, 15) is 4.79 Å². The number of ether oxygens (including phenoxy) is 2. The van der Waals surface area contributed by atoms with Gasteiger partial charge in [0.25, 0.3) is 0 Å². The number of benzene rings is 2. The number of methoxy groups -OCH3 is 1. The molecule has 0 spiro atoms. The van der Waals surface area contributed by atoms with Crippen LogP contribution < -0.4 is 20.1 Å². The van der Waals surface area contributed by atoms with E-state index in [0.29, 0.717) is 26.1 Å². The Morgan fingerprint density at radius 3 is 2.54 bits per heavy atom. The molecule has 0 saturated heterocycles. The van der Waals surface area contributed by atoms with Gasteiger partial charge >= 0.3 is 0 Å². The zero-order chi connectivity index (χ0) is 17.2. The maximum Gasteiger partial charge on any atom is 0.225 e. The molecular weight excluding hydrogens is 372 g/mol. The molecule has 0 aliphatic rings. The normalized spacial score (nSPS) is 10.2. The van der Waals surface area contributed by atoms with Crippen LogP contribution in [0.5, 0.6) is 11.5 Å². The molecule has 128 valence electrons. The Morgan fingerprint density at radius 1 is 1.08 bits per heavy atom. The van der Waals surface area contributed by atoms with Crippen LogP contribution in [0.4, 0.5) is 5.69 Å². The van der Waals surface area contributed by atoms with Crippen molar-refractivity contribution in [2.24, 2.45) is 0 Å². The molecule has 2 aromatic rings. The molecule has 0 saturated carbocycles. The Balaban J connectivity index is 1.56. The first-order valence-electron chi connectivity index (χ1n) is 7.70. The van der Waals surface area contributed by atoms with Crippen LogP contribution in [0.3, 0.4) is 0 Å². The van der Waals surface area contributed by atoms with Gasteiger partial charge in [0.1, 0.15) is 18.1 Å². The predicted octanol–water partition coefficient (Wildman–Crippen LogP) is 3.45. The molecular formula is C18H21BrN2O3. The Kier molecular flexibility index (Phi) is 7.58. The summed E-state index contributed by atoms with van der Waals surface area (Å²) in [5.74, 6) is 1.58. The number of rotatable bonds is 9. The minimum atomic E-state index is -0.0170. The van der Waals surface area contributed by atoms with Crippen molar-refractivity contribution in [2.75, 3.05) is 32.1 Å². The molecule has 0 fully saturated rings. The largest absolute Gasteiger partial charge is 0.497 e. The average molecular weight is 393 g/mol. The number of hydrogen-bond donors (Lipinski definition) is 2. The number of halogens is 1. The van der Waals surface area contributed by atoms with Crippen LogP contribution in [0.25, 0.3) is 0 Å². The summed E-state index contributed by atoms with van der Waals surface area (Å²) in [5.41, 5.74) is 0.789. The zero-order valence-corrected chi connectivity index (χ0v) is 15.1. The van der Waals surface area contributed by atoms with Crippen LogP contribution in [0.15, 0.2) is 53.0 Å². The van der Waals surface area contributed by atoms with E-state index in [1.54, 1.807) is 7.11 Å². The van der Waals surface area contributed by atoms with Crippen molar-refractivity contribution >= 4 is 27.5 Å². The van der Waals surface area contributed by atoms with Gasteiger partial charge in [0.15, 0.2) is 0 Å². The second kappa shape index (κ2) is 9.95. The van der Waals surface area contributed by atoms with E-state index in [1.165, 1.54) is 0 Å². The summed E-state index contributed by atoms with van der Waals surface area (Å²) in [6.07, 6.45) is 0.412. The highest BCUT2D eigenvalue weighted by molar-refractivity contribution is 9.10. The Bertz CT molecular complexity index is 647. The molecule has 0 atom stereocenters. The lowest BCUT2D eigenvalue weighted by molar-refractivity contribution is -0.116. The number of nitrogens with one attached hydrogen (secondary N) is 2. The summed E-state index contributed by atoms with van der Waals surface area (Å²) in [6.45, 7) is 1.82. The lowest BCUT2D eigenvalue weighted by Gasteiger charge is -2.09. The lowest BCUT2D eigenvalue weighted by atomic mass is 10.3. The van der Waals surface area contributed by atoms with Crippen LogP contribution in [-0.4, -0.2) is 32.7 Å². The van der Waals surface area contributed by atoms with E-state index < -0.39 is 0 Å². The fourth-order valence-electron chi connectivity index (χ4n) is 2.03. The third kappa shape index (κ3) is 6.60. The van der Waals surface area contributed by atoms with Crippen LogP contribution in [0.1, 0.15) is 6.42 Å². The first-order chi connectivity index (χ1) is 11.7. The summed E-state index contributed by atoms with van der Waals surface area (Å²) in [5, 5.41) is 6.04. The molecule has 2 N–H and O–H groups in total. The van der Waals surface area contributed by atoms with Gasteiger partial charge in [-0.05, 0) is 42.5 Å². The number of carbonyl (C=O) groups excluding carboxylic acids is 1. The van der Waals surface area contributed by atoms with Gasteiger partial charge in [0.05, 0.1) is 7.11 Å². The molecule has 2 rings (SSSR count). The predicted molar refractivity (Wildman–Crippen MR) is 98.7 cm³/mol. The Labute approximate surface area is 150 Å². The first kappa shape index (κ1) is 18.3. The highest BCUT2D eigenvalue weighted by atomic mass is 79.9. The van der Waals surface area contributed by atoms with E-state index in [0.717, 1.165) is 21.7 Å². The van der Waals surface area contributed by atoms with Crippen molar-refractivity contribution in [3.05, 3.63) is 53.0 Å². The van der Waals surface area contributed by atoms with E-state index in [-0.39, 0.29) is 5.91 Å². The minimum absolute atomic E-state index is 0.0170. The number of carbonyl (C=O) groups is 1. The van der Waals surface area contributed by atoms with Crippen molar-refractivity contribution in [1.29, 1.82) is 0 Å². The summed E-state index contributed by atoms with van der Waals surface area (Å²) < 4.78 is 11.6. The molecule has 6 heteroatoms. The minimum Gasteiger partial charge on any atom is -0.497 e. The summed E-state index contributed by atoms with van der Waals surface area (Å²) in [7, 11) is 1.63. The molecule has 0 heterocycles. The molecule has 1 amide bonds. The van der Waals surface area contributed by atoms with Crippen LogP contribution in [-0.2, 0) is 4.79 Å². The number of amides is 1. The lowest BCUT2D eigenvalue weighted by Crippen LogP contribution is -2.25. The summed E-state index contributed by atoms with van der Waals surface area (Å²) in [6, 6.07) is 15.0. The van der Waals surface area contributed by atoms with Gasteiger partial charge in [0.2, 0.25) is 5.91 Å². The molecule has 0 aliphatic carbocycles. The first-order valence-corrected chi connectivity index (χ1v) is 8.49. The average Bonchev–Trinajstić information content (AvgIpc) is 2.58. The standard InChI is InChI=1S/C18H21BrN2O3/c1-23-16-5-7-17(8-6-16)24-12-11-20-10-9-18(22)21-15-4-2-3-14(19)13-15/h2-8,13,20H,9-12H2,1H3,(H,21,22). The van der Waals surface area contributed by atoms with Crippen molar-refractivity contribution in [3.8, 4) is 11.5 Å². The molecule has 0 unspecified atom stereocenters. The van der Waals surface area contributed by atoms with Crippen LogP contribution in [0, 0.1) is 0 Å². The van der Waals surface area contributed by atoms with Gasteiger partial charge in [-0.1, -0.05) is 22.0 Å². The van der Waals surface area contributed by atoms with Gasteiger partial charge in [-0.25, -0.2) is 0 Å². The van der Waals surface area contributed by atoms with Crippen molar-refractivity contribution in [3.63, 3.8) is 0 Å². The molecule has 0 aromatic heterocycles. The van der Waals surface area contributed by atoms with Gasteiger partial charge in [-0.15, -0.1) is 0 Å². The second-order valence-corrected chi connectivity index (χ2v) is 6.00. The molecule has 24 heavy (non-hydrogen) atoms. The highest BCUT2D eigenvalue weighted by Gasteiger charge is 2.02. The third-order valence-corrected chi connectivity index (χ3v) is 3.74. The van der Waals surface area contributed by atoms with Crippen molar-refractivity contribution in [2.45, 2.75) is 6.42 Å². The van der Waals surface area contributed by atoms with Crippen LogP contribution in [0.2, 0.25) is 0 Å². The molecule has 2 aromatic carbocycles. The van der Waals surface area contributed by atoms with E-state index >= 15 is 0 Å². The SMILES string of the molecule is COc1ccc(OCCNCCC(=O)Nc2cccc(Br)c2)cc1. The zero-order valence-electron chi connectivity index (χ0n) is 13.5. The van der Waals surface area contributed by atoms with Gasteiger partial charge in [-0.2, -0.15) is 0 Å². The summed E-state index contributed by atoms with van der Waals surface area (Å²) >= 11 is 3.38. The molecule has 0 aliphatic heterocycles. The molecule has 0 radical (unpaired) electrons. The van der Waals surface area contributed by atoms with Crippen LogP contribution >= 0.6 is 15.9 Å². The highest BCUT2D eigenvalue weighted by Crippen LogP contribution is 2.17. The number of hydrogen-bond acceptors (Lipinski definition) is 4. The monoisotopic (exact) mass is 392 g/mol. The Morgan fingerprint density at radius 2 is 1.83 bits per heavy atom. The third-order valence-electron chi connectivity index (χ3n) is 3.24. The maximum absolute atomic E-state index is 11.8. The van der Waals surface area contributed by atoms with E-state index in [1.807, 2.05) is 48.5 Å². The fraction of sp³-hybridized carbons (Fsp3) is 0.278.